The highest BCUT2D eigenvalue weighted by Crippen LogP contribution is 2.23. The van der Waals surface area contributed by atoms with E-state index in [0.29, 0.717) is 6.54 Å². The third kappa shape index (κ3) is 4.02. The Kier molecular flexibility index (Phi) is 5.36. The molecule has 1 fully saturated rings. The number of aromatic amines is 1. The van der Waals surface area contributed by atoms with Crippen LogP contribution in [0.15, 0.2) is 35.1 Å². The van der Waals surface area contributed by atoms with E-state index in [9.17, 15) is 4.79 Å². The van der Waals surface area contributed by atoms with E-state index in [-0.39, 0.29) is 5.56 Å². The van der Waals surface area contributed by atoms with Crippen molar-refractivity contribution >= 4 is 5.95 Å². The first-order valence-corrected chi connectivity index (χ1v) is 11.2. The summed E-state index contributed by atoms with van der Waals surface area (Å²) >= 11 is 0. The molecular formula is C24H30N6O. The van der Waals surface area contributed by atoms with Crippen LogP contribution >= 0.6 is 0 Å². The Hall–Kier alpha value is -2.93. The maximum atomic E-state index is 12.6. The van der Waals surface area contributed by atoms with E-state index in [1.165, 1.54) is 29.7 Å². The van der Waals surface area contributed by atoms with Crippen molar-refractivity contribution in [2.75, 3.05) is 24.5 Å². The predicted molar refractivity (Wildman–Crippen MR) is 121 cm³/mol. The summed E-state index contributed by atoms with van der Waals surface area (Å²) in [6, 6.07) is 10.5. The van der Waals surface area contributed by atoms with Crippen molar-refractivity contribution in [3.05, 3.63) is 74.5 Å². The first kappa shape index (κ1) is 20.0. The van der Waals surface area contributed by atoms with Gasteiger partial charge in [0.15, 0.2) is 0 Å². The fraction of sp³-hybridized carbons (Fsp3) is 0.458. The van der Waals surface area contributed by atoms with E-state index < -0.39 is 0 Å². The van der Waals surface area contributed by atoms with Crippen molar-refractivity contribution < 1.29 is 0 Å². The zero-order valence-corrected chi connectivity index (χ0v) is 18.4. The van der Waals surface area contributed by atoms with Crippen LogP contribution in [0.2, 0.25) is 0 Å². The Bertz CT molecular complexity index is 1130. The van der Waals surface area contributed by atoms with Gasteiger partial charge in [0.1, 0.15) is 0 Å². The number of hydrogen-bond acceptors (Lipinski definition) is 5. The van der Waals surface area contributed by atoms with Crippen molar-refractivity contribution in [1.82, 2.24) is 24.6 Å². The lowest BCUT2D eigenvalue weighted by Gasteiger charge is -2.28. The average Bonchev–Trinajstić information content (AvgIpc) is 3.39. The van der Waals surface area contributed by atoms with Gasteiger partial charge in [-0.25, -0.2) is 4.98 Å². The molecule has 7 nitrogen and oxygen atoms in total. The van der Waals surface area contributed by atoms with Gasteiger partial charge in [-0.3, -0.25) is 19.4 Å². The van der Waals surface area contributed by atoms with Gasteiger partial charge in [0.05, 0.1) is 17.9 Å². The molecule has 3 aromatic rings. The summed E-state index contributed by atoms with van der Waals surface area (Å²) in [7, 11) is 0. The number of nitrogens with zero attached hydrogens (tertiary/aromatic N) is 5. The second kappa shape index (κ2) is 8.30. The Morgan fingerprint density at radius 2 is 1.81 bits per heavy atom. The predicted octanol–water partition coefficient (Wildman–Crippen LogP) is 2.79. The van der Waals surface area contributed by atoms with E-state index in [2.05, 4.69) is 57.6 Å². The molecule has 7 heteroatoms. The van der Waals surface area contributed by atoms with E-state index >= 15 is 0 Å². The fourth-order valence-corrected chi connectivity index (χ4v) is 4.79. The van der Waals surface area contributed by atoms with Gasteiger partial charge in [-0.1, -0.05) is 30.3 Å². The molecule has 0 aliphatic carbocycles. The smallest absolute Gasteiger partial charge is 0.255 e. The molecule has 5 rings (SSSR count). The maximum Gasteiger partial charge on any atom is 0.255 e. The molecule has 0 atom stereocenters. The quantitative estimate of drug-likeness (QED) is 0.690. The molecule has 2 aromatic heterocycles. The van der Waals surface area contributed by atoms with E-state index in [1.54, 1.807) is 0 Å². The summed E-state index contributed by atoms with van der Waals surface area (Å²) in [5.74, 6) is 0.742. The van der Waals surface area contributed by atoms with Crippen LogP contribution in [-0.2, 0) is 26.1 Å². The van der Waals surface area contributed by atoms with E-state index in [4.69, 9.17) is 10.1 Å². The van der Waals surface area contributed by atoms with Crippen LogP contribution in [0.5, 0.6) is 0 Å². The molecule has 0 amide bonds. The van der Waals surface area contributed by atoms with Gasteiger partial charge in [0, 0.05) is 49.5 Å². The molecule has 0 spiro atoms. The van der Waals surface area contributed by atoms with E-state index in [0.717, 1.165) is 62.0 Å². The minimum atomic E-state index is 0.0367. The third-order valence-corrected chi connectivity index (χ3v) is 6.63. The maximum absolute atomic E-state index is 12.6. The van der Waals surface area contributed by atoms with Crippen molar-refractivity contribution in [3.63, 3.8) is 0 Å². The molecule has 162 valence electrons. The molecular weight excluding hydrogens is 388 g/mol. The van der Waals surface area contributed by atoms with Crippen molar-refractivity contribution in [3.8, 4) is 0 Å². The molecule has 1 saturated heterocycles. The molecule has 4 heterocycles. The number of aromatic nitrogens is 4. The van der Waals surface area contributed by atoms with E-state index in [1.807, 2.05) is 6.07 Å². The summed E-state index contributed by atoms with van der Waals surface area (Å²) < 4.78 is 2.10. The topological polar surface area (TPSA) is 70.1 Å². The lowest BCUT2D eigenvalue weighted by atomic mass is 10.1. The van der Waals surface area contributed by atoms with Gasteiger partial charge in [-0.2, -0.15) is 5.10 Å². The molecule has 2 aliphatic heterocycles. The zero-order chi connectivity index (χ0) is 21.4. The summed E-state index contributed by atoms with van der Waals surface area (Å²) in [5, 5.41) is 4.81. The second-order valence-corrected chi connectivity index (χ2v) is 8.76. The molecule has 1 aromatic carbocycles. The highest BCUT2D eigenvalue weighted by molar-refractivity contribution is 5.35. The van der Waals surface area contributed by atoms with Crippen molar-refractivity contribution in [2.45, 2.75) is 52.7 Å². The standard InChI is InChI=1S/C24H30N6O/c1-17-21(18(2)30(27-17)14-19-8-4-3-5-9-19)15-28-13-10-20-22(16-28)25-24(26-23(20)31)29-11-6-7-12-29/h3-5,8-9H,6-7,10-16H2,1-2H3,(H,25,26,31). The normalized spacial score (nSPS) is 16.6. The Balaban J connectivity index is 1.35. The van der Waals surface area contributed by atoms with Crippen LogP contribution in [0, 0.1) is 13.8 Å². The van der Waals surface area contributed by atoms with Crippen LogP contribution in [-0.4, -0.2) is 44.3 Å². The van der Waals surface area contributed by atoms with Gasteiger partial charge in [-0.05, 0) is 38.7 Å². The molecule has 0 radical (unpaired) electrons. The first-order chi connectivity index (χ1) is 15.1. The molecule has 0 bridgehead atoms. The van der Waals surface area contributed by atoms with Gasteiger partial charge in [-0.15, -0.1) is 0 Å². The zero-order valence-electron chi connectivity index (χ0n) is 18.4. The first-order valence-electron chi connectivity index (χ1n) is 11.2. The van der Waals surface area contributed by atoms with Crippen LogP contribution < -0.4 is 10.5 Å². The Morgan fingerprint density at radius 3 is 2.58 bits per heavy atom. The number of aryl methyl sites for hydroxylation is 1. The molecule has 1 N–H and O–H groups in total. The van der Waals surface area contributed by atoms with Gasteiger partial charge >= 0.3 is 0 Å². The number of rotatable bonds is 5. The highest BCUT2D eigenvalue weighted by Gasteiger charge is 2.25. The molecule has 0 unspecified atom stereocenters. The third-order valence-electron chi connectivity index (χ3n) is 6.63. The molecule has 0 saturated carbocycles. The van der Waals surface area contributed by atoms with Crippen LogP contribution in [0.4, 0.5) is 5.95 Å². The summed E-state index contributed by atoms with van der Waals surface area (Å²) in [6.07, 6.45) is 3.07. The van der Waals surface area contributed by atoms with Gasteiger partial charge in [0.25, 0.3) is 5.56 Å². The van der Waals surface area contributed by atoms with Gasteiger partial charge in [0.2, 0.25) is 5.95 Å². The number of fused-ring (bicyclic) bond motifs is 1. The second-order valence-electron chi connectivity index (χ2n) is 8.76. The van der Waals surface area contributed by atoms with Crippen molar-refractivity contribution in [1.29, 1.82) is 0 Å². The lowest BCUT2D eigenvalue weighted by Crippen LogP contribution is -2.36. The number of anilines is 1. The Morgan fingerprint density at radius 1 is 1.03 bits per heavy atom. The Labute approximate surface area is 182 Å². The highest BCUT2D eigenvalue weighted by atomic mass is 16.1. The number of nitrogens with one attached hydrogen (secondary N) is 1. The van der Waals surface area contributed by atoms with Crippen molar-refractivity contribution in [2.24, 2.45) is 0 Å². The van der Waals surface area contributed by atoms with Crippen LogP contribution in [0.1, 0.15) is 46.6 Å². The number of hydrogen-bond donors (Lipinski definition) is 1. The largest absolute Gasteiger partial charge is 0.342 e. The van der Waals surface area contributed by atoms with Crippen LogP contribution in [0.25, 0.3) is 0 Å². The number of H-pyrrole nitrogens is 1. The summed E-state index contributed by atoms with van der Waals surface area (Å²) in [4.78, 5) is 25.1. The minimum absolute atomic E-state index is 0.0367. The van der Waals surface area contributed by atoms with Crippen LogP contribution in [0.3, 0.4) is 0 Å². The molecule has 31 heavy (non-hydrogen) atoms. The fourth-order valence-electron chi connectivity index (χ4n) is 4.79. The summed E-state index contributed by atoms with van der Waals surface area (Å²) in [6.45, 7) is 9.40. The monoisotopic (exact) mass is 418 g/mol. The lowest BCUT2D eigenvalue weighted by molar-refractivity contribution is 0.239. The van der Waals surface area contributed by atoms with Gasteiger partial charge < -0.3 is 4.90 Å². The SMILES string of the molecule is Cc1nn(Cc2ccccc2)c(C)c1CN1CCc2c(nc(N3CCCC3)[nH]c2=O)C1. The summed E-state index contributed by atoms with van der Waals surface area (Å²) in [5.41, 5.74) is 6.65. The number of benzene rings is 1. The molecule has 2 aliphatic rings. The average molecular weight is 419 g/mol. The minimum Gasteiger partial charge on any atom is -0.342 e.